The highest BCUT2D eigenvalue weighted by Gasteiger charge is 2.16. The number of hydrazone groups is 1. The van der Waals surface area contributed by atoms with E-state index in [1.165, 1.54) is 11.3 Å². The number of carbonyl (C=O) groups excluding carboxylic acids is 1. The Balaban J connectivity index is 1.83. The summed E-state index contributed by atoms with van der Waals surface area (Å²) in [6.07, 6.45) is 1.60. The summed E-state index contributed by atoms with van der Waals surface area (Å²) < 4.78 is 0.875. The fraction of sp³-hybridized carbons (Fsp3) is 0. The lowest BCUT2D eigenvalue weighted by Gasteiger charge is -1.96. The van der Waals surface area contributed by atoms with Gasteiger partial charge in [-0.05, 0) is 23.6 Å². The zero-order chi connectivity index (χ0) is 14.8. The molecule has 0 atom stereocenters. The summed E-state index contributed by atoms with van der Waals surface area (Å²) in [6.45, 7) is 0. The maximum atomic E-state index is 12.1. The van der Waals surface area contributed by atoms with Gasteiger partial charge in [0.05, 0.1) is 11.2 Å². The van der Waals surface area contributed by atoms with Crippen molar-refractivity contribution in [1.82, 2.24) is 5.43 Å². The van der Waals surface area contributed by atoms with E-state index in [0.29, 0.717) is 14.9 Å². The average Bonchev–Trinajstić information content (AvgIpc) is 3.07. The van der Waals surface area contributed by atoms with E-state index < -0.39 is 0 Å². The van der Waals surface area contributed by atoms with Crippen molar-refractivity contribution in [2.75, 3.05) is 0 Å². The third kappa shape index (κ3) is 3.11. The van der Waals surface area contributed by atoms with Crippen molar-refractivity contribution in [3.63, 3.8) is 0 Å². The van der Waals surface area contributed by atoms with E-state index >= 15 is 0 Å². The van der Waals surface area contributed by atoms with Crippen molar-refractivity contribution in [2.45, 2.75) is 0 Å². The summed E-state index contributed by atoms with van der Waals surface area (Å²) in [5.74, 6) is -0.329. The van der Waals surface area contributed by atoms with Crippen LogP contribution in [0, 0.1) is 0 Å². The Kier molecular flexibility index (Phi) is 4.26. The van der Waals surface area contributed by atoms with Crippen molar-refractivity contribution in [3.05, 3.63) is 55.5 Å². The SMILES string of the molecule is O=C(N/N=C/c1cccs1)c1sc2cc(Cl)ccc2c1Cl. The maximum absolute atomic E-state index is 12.1. The molecule has 0 saturated heterocycles. The number of hydrogen-bond donors (Lipinski definition) is 1. The van der Waals surface area contributed by atoms with Crippen LogP contribution in [0.15, 0.2) is 40.8 Å². The second-order valence-corrected chi connectivity index (χ2v) is 6.95. The molecule has 3 rings (SSSR count). The molecule has 0 fully saturated rings. The zero-order valence-electron chi connectivity index (χ0n) is 10.5. The lowest BCUT2D eigenvalue weighted by Crippen LogP contribution is -2.16. The fourth-order valence-corrected chi connectivity index (χ4v) is 4.02. The highest BCUT2D eigenvalue weighted by molar-refractivity contribution is 7.21. The summed E-state index contributed by atoms with van der Waals surface area (Å²) >= 11 is 15.0. The van der Waals surface area contributed by atoms with Gasteiger partial charge >= 0.3 is 0 Å². The van der Waals surface area contributed by atoms with Crippen LogP contribution in [-0.4, -0.2) is 12.1 Å². The second-order valence-electron chi connectivity index (χ2n) is 4.10. The first-order valence-corrected chi connectivity index (χ1v) is 8.35. The molecule has 3 aromatic rings. The zero-order valence-corrected chi connectivity index (χ0v) is 13.6. The minimum absolute atomic E-state index is 0.329. The number of halogens is 2. The summed E-state index contributed by atoms with van der Waals surface area (Å²) in [5.41, 5.74) is 2.48. The van der Waals surface area contributed by atoms with Gasteiger partial charge in [0, 0.05) is 20.0 Å². The number of hydrogen-bond acceptors (Lipinski definition) is 4. The van der Waals surface area contributed by atoms with Crippen LogP contribution in [0.5, 0.6) is 0 Å². The molecular weight excluding hydrogens is 347 g/mol. The molecule has 0 saturated carbocycles. The van der Waals surface area contributed by atoms with Crippen LogP contribution in [0.3, 0.4) is 0 Å². The van der Waals surface area contributed by atoms with Crippen LogP contribution in [0.25, 0.3) is 10.1 Å². The lowest BCUT2D eigenvalue weighted by atomic mass is 10.2. The van der Waals surface area contributed by atoms with Crippen LogP contribution in [0.2, 0.25) is 10.0 Å². The summed E-state index contributed by atoms with van der Waals surface area (Å²) in [6, 6.07) is 9.18. The Morgan fingerprint density at radius 2 is 2.14 bits per heavy atom. The van der Waals surface area contributed by atoms with E-state index in [1.54, 1.807) is 29.7 Å². The molecule has 0 radical (unpaired) electrons. The molecule has 0 aliphatic carbocycles. The minimum Gasteiger partial charge on any atom is -0.266 e. The van der Waals surface area contributed by atoms with Gasteiger partial charge in [-0.3, -0.25) is 4.79 Å². The molecule has 0 bridgehead atoms. The number of rotatable bonds is 3. The fourth-order valence-electron chi connectivity index (χ4n) is 1.76. The first-order chi connectivity index (χ1) is 10.1. The summed E-state index contributed by atoms with van der Waals surface area (Å²) in [5, 5.41) is 7.73. The van der Waals surface area contributed by atoms with Crippen LogP contribution < -0.4 is 5.43 Å². The van der Waals surface area contributed by atoms with E-state index in [4.69, 9.17) is 23.2 Å². The molecule has 0 spiro atoms. The van der Waals surface area contributed by atoms with Gasteiger partial charge < -0.3 is 0 Å². The predicted molar refractivity (Wildman–Crippen MR) is 91.2 cm³/mol. The molecule has 7 heteroatoms. The lowest BCUT2D eigenvalue weighted by molar-refractivity contribution is 0.0959. The number of benzene rings is 1. The number of fused-ring (bicyclic) bond motifs is 1. The molecule has 0 aliphatic heterocycles. The van der Waals surface area contributed by atoms with Gasteiger partial charge in [0.15, 0.2) is 0 Å². The number of amides is 1. The average molecular weight is 355 g/mol. The summed E-state index contributed by atoms with van der Waals surface area (Å²) in [4.78, 5) is 13.5. The first-order valence-electron chi connectivity index (χ1n) is 5.89. The van der Waals surface area contributed by atoms with E-state index in [2.05, 4.69) is 10.5 Å². The van der Waals surface area contributed by atoms with Gasteiger partial charge in [-0.1, -0.05) is 35.3 Å². The number of nitrogens with one attached hydrogen (secondary N) is 1. The Bertz CT molecular complexity index is 825. The molecule has 106 valence electrons. The Morgan fingerprint density at radius 1 is 1.29 bits per heavy atom. The van der Waals surface area contributed by atoms with E-state index in [1.807, 2.05) is 23.6 Å². The molecule has 21 heavy (non-hydrogen) atoms. The minimum atomic E-state index is -0.329. The van der Waals surface area contributed by atoms with Crippen LogP contribution in [-0.2, 0) is 0 Å². The first kappa shape index (κ1) is 14.5. The Morgan fingerprint density at radius 3 is 2.90 bits per heavy atom. The normalized spacial score (nSPS) is 11.3. The molecule has 0 unspecified atom stereocenters. The topological polar surface area (TPSA) is 41.5 Å². The second kappa shape index (κ2) is 6.15. The van der Waals surface area contributed by atoms with Crippen molar-refractivity contribution in [1.29, 1.82) is 0 Å². The molecule has 1 amide bonds. The van der Waals surface area contributed by atoms with Gasteiger partial charge in [0.25, 0.3) is 5.91 Å². The van der Waals surface area contributed by atoms with E-state index in [-0.39, 0.29) is 5.91 Å². The molecule has 1 N–H and O–H groups in total. The van der Waals surface area contributed by atoms with Gasteiger partial charge in [0.1, 0.15) is 4.88 Å². The van der Waals surface area contributed by atoms with E-state index in [9.17, 15) is 4.79 Å². The van der Waals surface area contributed by atoms with Gasteiger partial charge in [-0.25, -0.2) is 5.43 Å². The monoisotopic (exact) mass is 354 g/mol. The quantitative estimate of drug-likeness (QED) is 0.519. The largest absolute Gasteiger partial charge is 0.283 e. The van der Waals surface area contributed by atoms with Crippen molar-refractivity contribution >= 4 is 68.1 Å². The molecule has 2 heterocycles. The predicted octanol–water partition coefficient (Wildman–Crippen LogP) is 5.03. The third-order valence-electron chi connectivity index (χ3n) is 2.70. The number of nitrogens with zero attached hydrogens (tertiary/aromatic N) is 1. The highest BCUT2D eigenvalue weighted by atomic mass is 35.5. The van der Waals surface area contributed by atoms with Crippen molar-refractivity contribution < 1.29 is 4.79 Å². The summed E-state index contributed by atoms with van der Waals surface area (Å²) in [7, 11) is 0. The molecule has 3 nitrogen and oxygen atoms in total. The van der Waals surface area contributed by atoms with E-state index in [0.717, 1.165) is 15.0 Å². The van der Waals surface area contributed by atoms with Gasteiger partial charge in [-0.2, -0.15) is 5.10 Å². The Labute approximate surface area is 138 Å². The third-order valence-corrected chi connectivity index (χ3v) is 5.40. The van der Waals surface area contributed by atoms with Crippen molar-refractivity contribution in [3.8, 4) is 0 Å². The highest BCUT2D eigenvalue weighted by Crippen LogP contribution is 2.36. The Hall–Kier alpha value is -1.40. The standard InChI is InChI=1S/C14H8Cl2N2OS2/c15-8-3-4-10-11(6-8)21-13(12(10)16)14(19)18-17-7-9-2-1-5-20-9/h1-7H,(H,18,19)/b17-7+. The molecular formula is C14H8Cl2N2OS2. The van der Waals surface area contributed by atoms with Crippen LogP contribution in [0.1, 0.15) is 14.5 Å². The smallest absolute Gasteiger partial charge is 0.266 e. The molecule has 0 aliphatic rings. The van der Waals surface area contributed by atoms with Gasteiger partial charge in [0.2, 0.25) is 0 Å². The van der Waals surface area contributed by atoms with Crippen LogP contribution in [0.4, 0.5) is 0 Å². The number of thiophene rings is 2. The maximum Gasteiger partial charge on any atom is 0.283 e. The van der Waals surface area contributed by atoms with Gasteiger partial charge in [-0.15, -0.1) is 22.7 Å². The van der Waals surface area contributed by atoms with Crippen molar-refractivity contribution in [2.24, 2.45) is 5.10 Å². The number of carbonyl (C=O) groups is 1. The molecule has 1 aromatic carbocycles. The van der Waals surface area contributed by atoms with Crippen LogP contribution >= 0.6 is 45.9 Å². The molecule has 2 aromatic heterocycles.